The molecule has 2 fully saturated rings. The van der Waals surface area contributed by atoms with E-state index in [9.17, 15) is 4.79 Å². The van der Waals surface area contributed by atoms with E-state index in [-0.39, 0.29) is 11.9 Å². The largest absolute Gasteiger partial charge is 0.354 e. The third-order valence-electron chi connectivity index (χ3n) is 3.38. The maximum Gasteiger partial charge on any atom is 0.236 e. The molecule has 1 amide bonds. The molecule has 0 unspecified atom stereocenters. The van der Waals surface area contributed by atoms with Gasteiger partial charge in [-0.15, -0.1) is 0 Å². The van der Waals surface area contributed by atoms with Crippen molar-refractivity contribution in [2.24, 2.45) is 23.5 Å². The van der Waals surface area contributed by atoms with Gasteiger partial charge in [0.1, 0.15) is 0 Å². The zero-order valence-corrected chi connectivity index (χ0v) is 8.83. The van der Waals surface area contributed by atoms with Crippen molar-refractivity contribution in [3.8, 4) is 0 Å². The average molecular weight is 196 g/mol. The van der Waals surface area contributed by atoms with Crippen molar-refractivity contribution in [3.05, 3.63) is 0 Å². The van der Waals surface area contributed by atoms with Gasteiger partial charge in [-0.25, -0.2) is 0 Å². The Hall–Kier alpha value is -0.570. The maximum absolute atomic E-state index is 11.3. The highest BCUT2D eigenvalue weighted by Gasteiger charge is 2.41. The Morgan fingerprint density at radius 2 is 1.86 bits per heavy atom. The van der Waals surface area contributed by atoms with E-state index in [1.54, 1.807) is 6.92 Å². The molecule has 0 heterocycles. The van der Waals surface area contributed by atoms with Gasteiger partial charge in [0.15, 0.2) is 0 Å². The molecule has 0 aromatic rings. The third-order valence-corrected chi connectivity index (χ3v) is 3.38. The highest BCUT2D eigenvalue weighted by molar-refractivity contribution is 5.80. The molecule has 14 heavy (non-hydrogen) atoms. The van der Waals surface area contributed by atoms with Crippen LogP contribution in [0.25, 0.3) is 0 Å². The molecule has 1 atom stereocenters. The predicted molar refractivity (Wildman–Crippen MR) is 55.6 cm³/mol. The highest BCUT2D eigenvalue weighted by Crippen LogP contribution is 2.48. The van der Waals surface area contributed by atoms with Gasteiger partial charge < -0.3 is 11.1 Å². The van der Waals surface area contributed by atoms with Crippen LogP contribution in [0.5, 0.6) is 0 Å². The molecule has 0 spiro atoms. The standard InChI is InChI=1S/C11H20N2O/c1-7(12)11(14)13-6-10(8-2-3-8)9-4-5-9/h7-10H,2-6,12H2,1H3,(H,13,14)/t7-/m0/s1. The molecule has 3 nitrogen and oxygen atoms in total. The van der Waals surface area contributed by atoms with Gasteiger partial charge in [-0.1, -0.05) is 0 Å². The molecule has 2 aliphatic rings. The number of nitrogens with one attached hydrogen (secondary N) is 1. The van der Waals surface area contributed by atoms with Crippen molar-refractivity contribution >= 4 is 5.91 Å². The summed E-state index contributed by atoms with van der Waals surface area (Å²) in [6.45, 7) is 2.59. The Kier molecular flexibility index (Phi) is 2.77. The first kappa shape index (κ1) is 9.97. The van der Waals surface area contributed by atoms with Crippen LogP contribution >= 0.6 is 0 Å². The van der Waals surface area contributed by atoms with Crippen LogP contribution in [-0.2, 0) is 4.79 Å². The van der Waals surface area contributed by atoms with E-state index in [1.807, 2.05) is 0 Å². The Bertz CT molecular complexity index is 207. The van der Waals surface area contributed by atoms with E-state index in [0.717, 1.165) is 24.3 Å². The van der Waals surface area contributed by atoms with Gasteiger partial charge >= 0.3 is 0 Å². The van der Waals surface area contributed by atoms with Crippen LogP contribution < -0.4 is 11.1 Å². The van der Waals surface area contributed by atoms with Gasteiger partial charge in [-0.05, 0) is 50.4 Å². The molecule has 3 heteroatoms. The minimum atomic E-state index is -0.367. The molecule has 0 aromatic carbocycles. The molecule has 0 aromatic heterocycles. The van der Waals surface area contributed by atoms with Crippen molar-refractivity contribution in [2.45, 2.75) is 38.6 Å². The van der Waals surface area contributed by atoms with Gasteiger partial charge in [0, 0.05) is 6.54 Å². The fraction of sp³-hybridized carbons (Fsp3) is 0.909. The summed E-state index contributed by atoms with van der Waals surface area (Å²) in [6, 6.07) is -0.367. The number of carbonyl (C=O) groups is 1. The summed E-state index contributed by atoms with van der Waals surface area (Å²) in [6.07, 6.45) is 5.48. The van der Waals surface area contributed by atoms with E-state index in [2.05, 4.69) is 5.32 Å². The highest BCUT2D eigenvalue weighted by atomic mass is 16.2. The van der Waals surface area contributed by atoms with Crippen molar-refractivity contribution < 1.29 is 4.79 Å². The smallest absolute Gasteiger partial charge is 0.236 e. The van der Waals surface area contributed by atoms with E-state index in [0.29, 0.717) is 0 Å². The van der Waals surface area contributed by atoms with E-state index in [4.69, 9.17) is 5.73 Å². The Balaban J connectivity index is 1.74. The number of nitrogens with two attached hydrogens (primary N) is 1. The van der Waals surface area contributed by atoms with Crippen LogP contribution in [0.2, 0.25) is 0 Å². The van der Waals surface area contributed by atoms with Crippen LogP contribution in [0.3, 0.4) is 0 Å². The fourth-order valence-electron chi connectivity index (χ4n) is 2.15. The number of rotatable bonds is 5. The Morgan fingerprint density at radius 3 is 2.21 bits per heavy atom. The van der Waals surface area contributed by atoms with Crippen molar-refractivity contribution in [3.63, 3.8) is 0 Å². The first-order valence-electron chi connectivity index (χ1n) is 5.71. The van der Waals surface area contributed by atoms with Crippen LogP contribution in [-0.4, -0.2) is 18.5 Å². The minimum Gasteiger partial charge on any atom is -0.354 e. The van der Waals surface area contributed by atoms with Crippen LogP contribution in [0, 0.1) is 17.8 Å². The monoisotopic (exact) mass is 196 g/mol. The van der Waals surface area contributed by atoms with Crippen LogP contribution in [0.15, 0.2) is 0 Å². The summed E-state index contributed by atoms with van der Waals surface area (Å²) >= 11 is 0. The molecule has 0 bridgehead atoms. The van der Waals surface area contributed by atoms with E-state index in [1.165, 1.54) is 25.7 Å². The Morgan fingerprint density at radius 1 is 1.36 bits per heavy atom. The van der Waals surface area contributed by atoms with Gasteiger partial charge in [0.2, 0.25) is 5.91 Å². The first-order chi connectivity index (χ1) is 6.68. The summed E-state index contributed by atoms with van der Waals surface area (Å²) in [4.78, 5) is 11.3. The van der Waals surface area contributed by atoms with Gasteiger partial charge in [-0.2, -0.15) is 0 Å². The summed E-state index contributed by atoms with van der Waals surface area (Å²) in [7, 11) is 0. The Labute approximate surface area is 85.4 Å². The van der Waals surface area contributed by atoms with E-state index >= 15 is 0 Å². The minimum absolute atomic E-state index is 0.00343. The second kappa shape index (κ2) is 3.89. The van der Waals surface area contributed by atoms with Crippen molar-refractivity contribution in [2.75, 3.05) is 6.54 Å². The molecular formula is C11H20N2O. The molecule has 0 saturated heterocycles. The molecular weight excluding hydrogens is 176 g/mol. The lowest BCUT2D eigenvalue weighted by molar-refractivity contribution is -0.122. The SMILES string of the molecule is C[C@H](N)C(=O)NCC(C1CC1)C1CC1. The molecule has 3 N–H and O–H groups in total. The zero-order chi connectivity index (χ0) is 10.1. The van der Waals surface area contributed by atoms with Crippen LogP contribution in [0.4, 0.5) is 0 Å². The molecule has 2 rings (SSSR count). The third kappa shape index (κ3) is 2.47. The number of amides is 1. The molecule has 0 aliphatic heterocycles. The second-order valence-electron chi connectivity index (χ2n) is 4.87. The lowest BCUT2D eigenvalue weighted by Crippen LogP contribution is -2.41. The average Bonchev–Trinajstić information content (AvgIpc) is 2.99. The number of hydrogen-bond donors (Lipinski definition) is 2. The zero-order valence-electron chi connectivity index (χ0n) is 8.83. The van der Waals surface area contributed by atoms with Gasteiger partial charge in [0.05, 0.1) is 6.04 Å². The molecule has 0 radical (unpaired) electrons. The fourth-order valence-corrected chi connectivity index (χ4v) is 2.15. The molecule has 80 valence electrons. The topological polar surface area (TPSA) is 55.1 Å². The number of hydrogen-bond acceptors (Lipinski definition) is 2. The molecule has 2 aliphatic carbocycles. The van der Waals surface area contributed by atoms with Crippen LogP contribution in [0.1, 0.15) is 32.6 Å². The summed E-state index contributed by atoms with van der Waals surface area (Å²) in [5.41, 5.74) is 5.49. The van der Waals surface area contributed by atoms with E-state index < -0.39 is 0 Å². The van der Waals surface area contributed by atoms with Gasteiger partial charge in [0.25, 0.3) is 0 Å². The summed E-state index contributed by atoms with van der Waals surface area (Å²) in [5, 5.41) is 2.96. The summed E-state index contributed by atoms with van der Waals surface area (Å²) < 4.78 is 0. The predicted octanol–water partition coefficient (Wildman–Crippen LogP) is 0.886. The lowest BCUT2D eigenvalue weighted by Gasteiger charge is -2.17. The second-order valence-corrected chi connectivity index (χ2v) is 4.87. The van der Waals surface area contributed by atoms with Gasteiger partial charge in [-0.3, -0.25) is 4.79 Å². The first-order valence-corrected chi connectivity index (χ1v) is 5.71. The summed E-state index contributed by atoms with van der Waals surface area (Å²) in [5.74, 6) is 2.54. The van der Waals surface area contributed by atoms with Crippen molar-refractivity contribution in [1.82, 2.24) is 5.32 Å². The molecule has 2 saturated carbocycles. The maximum atomic E-state index is 11.3. The number of carbonyl (C=O) groups excluding carboxylic acids is 1. The lowest BCUT2D eigenvalue weighted by atomic mass is 9.98. The normalized spacial score (nSPS) is 23.6. The quantitative estimate of drug-likeness (QED) is 0.686. The van der Waals surface area contributed by atoms with Crippen molar-refractivity contribution in [1.29, 1.82) is 0 Å².